The third-order valence-electron chi connectivity index (χ3n) is 4.88. The molecule has 1 atom stereocenters. The molecule has 0 bridgehead atoms. The number of benzene rings is 1. The molecule has 26 heavy (non-hydrogen) atoms. The van der Waals surface area contributed by atoms with Crippen molar-refractivity contribution < 1.29 is 14.2 Å². The van der Waals surface area contributed by atoms with E-state index in [1.54, 1.807) is 7.05 Å². The molecule has 1 aromatic rings. The fourth-order valence-corrected chi connectivity index (χ4v) is 3.35. The minimum absolute atomic E-state index is 0.299. The number of rotatable bonds is 6. The molecule has 2 N–H and O–H groups in total. The summed E-state index contributed by atoms with van der Waals surface area (Å²) in [5.74, 6) is 2.98. The first-order valence-electron chi connectivity index (χ1n) is 9.32. The van der Waals surface area contributed by atoms with Crippen LogP contribution in [0, 0.1) is 5.92 Å². The van der Waals surface area contributed by atoms with Crippen molar-refractivity contribution in [1.82, 2.24) is 15.5 Å². The largest absolute Gasteiger partial charge is 0.454 e. The van der Waals surface area contributed by atoms with Gasteiger partial charge in [-0.25, -0.2) is 0 Å². The monoisotopic (exact) mass is 362 g/mol. The van der Waals surface area contributed by atoms with Crippen LogP contribution < -0.4 is 20.1 Å². The number of ether oxygens (including phenoxy) is 3. The van der Waals surface area contributed by atoms with Gasteiger partial charge in [0.25, 0.3) is 0 Å². The minimum Gasteiger partial charge on any atom is -0.454 e. The Balaban J connectivity index is 1.50. The SMILES string of the molecule is CN=C(NCc1ccc2c(c1)OCO2)NCC(C(C)C)N1CCOCC1. The van der Waals surface area contributed by atoms with Gasteiger partial charge in [0.2, 0.25) is 6.79 Å². The number of fused-ring (bicyclic) bond motifs is 1. The molecule has 0 aliphatic carbocycles. The van der Waals surface area contributed by atoms with Gasteiger partial charge in [-0.05, 0) is 23.6 Å². The van der Waals surface area contributed by atoms with Gasteiger partial charge in [0.15, 0.2) is 17.5 Å². The van der Waals surface area contributed by atoms with Crippen molar-refractivity contribution in [2.75, 3.05) is 46.7 Å². The number of nitrogens with zero attached hydrogens (tertiary/aromatic N) is 2. The fourth-order valence-electron chi connectivity index (χ4n) is 3.35. The van der Waals surface area contributed by atoms with E-state index in [0.717, 1.165) is 55.9 Å². The molecule has 1 aromatic carbocycles. The van der Waals surface area contributed by atoms with Crippen LogP contribution in [0.3, 0.4) is 0 Å². The zero-order valence-electron chi connectivity index (χ0n) is 16.0. The van der Waals surface area contributed by atoms with Crippen LogP contribution in [0.2, 0.25) is 0 Å². The highest BCUT2D eigenvalue weighted by molar-refractivity contribution is 5.79. The molecule has 0 radical (unpaired) electrons. The van der Waals surface area contributed by atoms with Crippen LogP contribution in [0.5, 0.6) is 11.5 Å². The van der Waals surface area contributed by atoms with Crippen molar-refractivity contribution in [2.24, 2.45) is 10.9 Å². The Hall–Kier alpha value is -1.99. The molecule has 0 aromatic heterocycles. The number of hydrogen-bond donors (Lipinski definition) is 2. The van der Waals surface area contributed by atoms with E-state index in [1.807, 2.05) is 18.2 Å². The van der Waals surface area contributed by atoms with Crippen molar-refractivity contribution in [3.05, 3.63) is 23.8 Å². The van der Waals surface area contributed by atoms with Gasteiger partial charge >= 0.3 is 0 Å². The topological polar surface area (TPSA) is 67.4 Å². The quantitative estimate of drug-likeness (QED) is 0.590. The minimum atomic E-state index is 0.299. The second-order valence-electron chi connectivity index (χ2n) is 6.95. The maximum absolute atomic E-state index is 5.48. The lowest BCUT2D eigenvalue weighted by Crippen LogP contribution is -2.52. The Morgan fingerprint density at radius 2 is 1.92 bits per heavy atom. The first-order chi connectivity index (χ1) is 12.7. The van der Waals surface area contributed by atoms with E-state index in [-0.39, 0.29) is 0 Å². The summed E-state index contributed by atoms with van der Waals surface area (Å²) in [6.07, 6.45) is 0. The van der Waals surface area contributed by atoms with Crippen LogP contribution in [0.1, 0.15) is 19.4 Å². The molecular weight excluding hydrogens is 332 g/mol. The summed E-state index contributed by atoms with van der Waals surface area (Å²) in [5, 5.41) is 6.84. The summed E-state index contributed by atoms with van der Waals surface area (Å²) in [4.78, 5) is 6.85. The summed E-state index contributed by atoms with van der Waals surface area (Å²) in [6, 6.07) is 6.46. The zero-order chi connectivity index (χ0) is 18.4. The van der Waals surface area contributed by atoms with Gasteiger partial charge in [-0.2, -0.15) is 0 Å². The van der Waals surface area contributed by atoms with Gasteiger partial charge in [-0.1, -0.05) is 19.9 Å². The lowest BCUT2D eigenvalue weighted by molar-refractivity contribution is 0.00752. The standard InChI is InChI=1S/C19H30N4O3/c1-14(2)16(23-6-8-24-9-7-23)12-22-19(20-3)21-11-15-4-5-17-18(10-15)26-13-25-17/h4-5,10,14,16H,6-9,11-13H2,1-3H3,(H2,20,21,22). The van der Waals surface area contributed by atoms with Crippen molar-refractivity contribution in [1.29, 1.82) is 0 Å². The second-order valence-corrected chi connectivity index (χ2v) is 6.95. The number of nitrogens with one attached hydrogen (secondary N) is 2. The second kappa shape index (κ2) is 9.09. The molecule has 2 aliphatic heterocycles. The molecule has 2 aliphatic rings. The molecule has 1 saturated heterocycles. The van der Waals surface area contributed by atoms with E-state index < -0.39 is 0 Å². The summed E-state index contributed by atoms with van der Waals surface area (Å²) >= 11 is 0. The number of guanidine groups is 1. The maximum atomic E-state index is 5.48. The lowest BCUT2D eigenvalue weighted by atomic mass is 10.0. The Bertz CT molecular complexity index is 615. The van der Waals surface area contributed by atoms with Crippen LogP contribution in [0.15, 0.2) is 23.2 Å². The van der Waals surface area contributed by atoms with E-state index in [2.05, 4.69) is 34.4 Å². The van der Waals surface area contributed by atoms with Crippen LogP contribution >= 0.6 is 0 Å². The molecule has 1 fully saturated rings. The van der Waals surface area contributed by atoms with Gasteiger partial charge in [0.1, 0.15) is 0 Å². The van der Waals surface area contributed by atoms with Crippen molar-refractivity contribution in [3.63, 3.8) is 0 Å². The van der Waals surface area contributed by atoms with E-state index >= 15 is 0 Å². The molecule has 2 heterocycles. The van der Waals surface area contributed by atoms with Gasteiger partial charge in [0, 0.05) is 39.3 Å². The molecule has 0 amide bonds. The predicted molar refractivity (Wildman–Crippen MR) is 102 cm³/mol. The third kappa shape index (κ3) is 4.80. The molecular formula is C19H30N4O3. The van der Waals surface area contributed by atoms with E-state index in [1.165, 1.54) is 0 Å². The first-order valence-corrected chi connectivity index (χ1v) is 9.32. The lowest BCUT2D eigenvalue weighted by Gasteiger charge is -2.37. The summed E-state index contributed by atoms with van der Waals surface area (Å²) in [7, 11) is 1.80. The summed E-state index contributed by atoms with van der Waals surface area (Å²) in [6.45, 7) is 10.0. The smallest absolute Gasteiger partial charge is 0.231 e. The number of hydrogen-bond acceptors (Lipinski definition) is 5. The van der Waals surface area contributed by atoms with E-state index in [9.17, 15) is 0 Å². The maximum Gasteiger partial charge on any atom is 0.231 e. The molecule has 7 heteroatoms. The average Bonchev–Trinajstić information content (AvgIpc) is 3.13. The van der Waals surface area contributed by atoms with Gasteiger partial charge in [0.05, 0.1) is 13.2 Å². The van der Waals surface area contributed by atoms with Crippen LogP contribution in [-0.4, -0.2) is 63.6 Å². The molecule has 144 valence electrons. The molecule has 3 rings (SSSR count). The number of aliphatic imine (C=N–C) groups is 1. The summed E-state index contributed by atoms with van der Waals surface area (Å²) in [5.41, 5.74) is 1.13. The van der Waals surface area contributed by atoms with Gasteiger partial charge < -0.3 is 24.8 Å². The predicted octanol–water partition coefficient (Wildman–Crippen LogP) is 1.44. The Kier molecular flexibility index (Phi) is 6.57. The summed E-state index contributed by atoms with van der Waals surface area (Å²) < 4.78 is 16.3. The molecule has 1 unspecified atom stereocenters. The Morgan fingerprint density at radius 3 is 2.65 bits per heavy atom. The third-order valence-corrected chi connectivity index (χ3v) is 4.88. The molecule has 0 saturated carbocycles. The van der Waals surface area contributed by atoms with Gasteiger partial charge in [-0.3, -0.25) is 9.89 Å². The highest BCUT2D eigenvalue weighted by atomic mass is 16.7. The highest BCUT2D eigenvalue weighted by Gasteiger charge is 2.23. The molecule has 0 spiro atoms. The Morgan fingerprint density at radius 1 is 1.15 bits per heavy atom. The van der Waals surface area contributed by atoms with Gasteiger partial charge in [-0.15, -0.1) is 0 Å². The molecule has 7 nitrogen and oxygen atoms in total. The Labute approximate surface area is 155 Å². The zero-order valence-corrected chi connectivity index (χ0v) is 16.0. The van der Waals surface area contributed by atoms with E-state index in [0.29, 0.717) is 25.3 Å². The van der Waals surface area contributed by atoms with Crippen molar-refractivity contribution >= 4 is 5.96 Å². The van der Waals surface area contributed by atoms with Crippen LogP contribution in [0.25, 0.3) is 0 Å². The average molecular weight is 362 g/mol. The van der Waals surface area contributed by atoms with Crippen LogP contribution in [0.4, 0.5) is 0 Å². The van der Waals surface area contributed by atoms with Crippen molar-refractivity contribution in [2.45, 2.75) is 26.4 Å². The highest BCUT2D eigenvalue weighted by Crippen LogP contribution is 2.32. The van der Waals surface area contributed by atoms with Crippen LogP contribution in [-0.2, 0) is 11.3 Å². The van der Waals surface area contributed by atoms with E-state index in [4.69, 9.17) is 14.2 Å². The first kappa shape index (κ1) is 18.8. The fraction of sp³-hybridized carbons (Fsp3) is 0.632. The normalized spacial score (nSPS) is 18.8. The van der Waals surface area contributed by atoms with Crippen molar-refractivity contribution in [3.8, 4) is 11.5 Å². The number of morpholine rings is 1.